The van der Waals surface area contributed by atoms with E-state index in [4.69, 9.17) is 4.98 Å². The molecule has 106 valence electrons. The number of hydrogen-bond acceptors (Lipinski definition) is 4. The van der Waals surface area contributed by atoms with E-state index in [0.29, 0.717) is 5.25 Å². The van der Waals surface area contributed by atoms with Gasteiger partial charge in [-0.2, -0.15) is 11.8 Å². The maximum absolute atomic E-state index is 5.06. The molecule has 1 aromatic rings. The number of rotatable bonds is 3. The van der Waals surface area contributed by atoms with Gasteiger partial charge in [-0.3, -0.25) is 0 Å². The lowest BCUT2D eigenvalue weighted by molar-refractivity contribution is 0.300. The zero-order valence-corrected chi connectivity index (χ0v) is 13.6. The molecule has 0 saturated carbocycles. The van der Waals surface area contributed by atoms with Crippen molar-refractivity contribution in [2.24, 2.45) is 0 Å². The Balaban J connectivity index is 1.97. The van der Waals surface area contributed by atoms with Crippen LogP contribution < -0.4 is 5.32 Å². The molecule has 0 bridgehead atoms. The van der Waals surface area contributed by atoms with Gasteiger partial charge in [0.25, 0.3) is 0 Å². The molecule has 3 rings (SSSR count). The molecule has 2 heterocycles. The van der Waals surface area contributed by atoms with Crippen LogP contribution in [0, 0.1) is 0 Å². The molecule has 2 unspecified atom stereocenters. The molecule has 0 spiro atoms. The van der Waals surface area contributed by atoms with Gasteiger partial charge >= 0.3 is 0 Å². The Hall–Kier alpha value is -0.0600. The van der Waals surface area contributed by atoms with Gasteiger partial charge in [-0.05, 0) is 50.8 Å². The first kappa shape index (κ1) is 13.9. The quantitative estimate of drug-likeness (QED) is 0.919. The highest BCUT2D eigenvalue weighted by Gasteiger charge is 2.42. The van der Waals surface area contributed by atoms with Crippen LogP contribution in [0.2, 0.25) is 0 Å². The van der Waals surface area contributed by atoms with Crippen molar-refractivity contribution in [2.75, 3.05) is 12.3 Å². The van der Waals surface area contributed by atoms with Crippen LogP contribution in [0.1, 0.15) is 55.1 Å². The Bertz CT molecular complexity index is 416. The lowest BCUT2D eigenvalue weighted by Gasteiger charge is -2.41. The first-order chi connectivity index (χ1) is 9.26. The highest BCUT2D eigenvalue weighted by molar-refractivity contribution is 8.00. The molecular weight excluding hydrogens is 272 g/mol. The summed E-state index contributed by atoms with van der Waals surface area (Å²) in [5.74, 6) is 1.30. The van der Waals surface area contributed by atoms with E-state index >= 15 is 0 Å². The minimum atomic E-state index is 0.139. The van der Waals surface area contributed by atoms with Crippen LogP contribution in [0.3, 0.4) is 0 Å². The Morgan fingerprint density at radius 3 is 2.89 bits per heavy atom. The fourth-order valence-corrected chi connectivity index (χ4v) is 6.17. The van der Waals surface area contributed by atoms with Crippen molar-refractivity contribution >= 4 is 23.1 Å². The van der Waals surface area contributed by atoms with E-state index in [9.17, 15) is 0 Å². The largest absolute Gasteiger partial charge is 0.305 e. The first-order valence-electron chi connectivity index (χ1n) is 7.62. The molecule has 2 atom stereocenters. The summed E-state index contributed by atoms with van der Waals surface area (Å²) in [6.07, 6.45) is 7.71. The number of fused-ring (bicyclic) bond motifs is 1. The van der Waals surface area contributed by atoms with Crippen LogP contribution in [-0.2, 0) is 18.4 Å². The van der Waals surface area contributed by atoms with Gasteiger partial charge in [0.05, 0.1) is 11.2 Å². The predicted octanol–water partition coefficient (Wildman–Crippen LogP) is 3.74. The fourth-order valence-electron chi connectivity index (χ4n) is 3.40. The lowest BCUT2D eigenvalue weighted by Crippen LogP contribution is -2.51. The average Bonchev–Trinajstić information content (AvgIpc) is 2.86. The third-order valence-electron chi connectivity index (χ3n) is 4.50. The SMILES string of the molecule is CCNC1(c2nc3c(s2)CCCC3)CCCSC1C. The summed E-state index contributed by atoms with van der Waals surface area (Å²) in [4.78, 5) is 6.63. The minimum absolute atomic E-state index is 0.139. The van der Waals surface area contributed by atoms with Crippen LogP contribution in [0.4, 0.5) is 0 Å². The van der Waals surface area contributed by atoms with Gasteiger partial charge in [0.1, 0.15) is 5.01 Å². The van der Waals surface area contributed by atoms with E-state index in [2.05, 4.69) is 30.9 Å². The van der Waals surface area contributed by atoms with E-state index in [1.165, 1.54) is 55.0 Å². The molecule has 1 N–H and O–H groups in total. The summed E-state index contributed by atoms with van der Waals surface area (Å²) in [5, 5.41) is 5.81. The molecule has 0 radical (unpaired) electrons. The van der Waals surface area contributed by atoms with Crippen molar-refractivity contribution in [3.63, 3.8) is 0 Å². The van der Waals surface area contributed by atoms with Crippen molar-refractivity contribution in [2.45, 2.75) is 63.2 Å². The van der Waals surface area contributed by atoms with Crippen LogP contribution in [0.15, 0.2) is 0 Å². The molecule has 19 heavy (non-hydrogen) atoms. The number of nitrogens with one attached hydrogen (secondary N) is 1. The summed E-state index contributed by atoms with van der Waals surface area (Å²) in [7, 11) is 0. The maximum Gasteiger partial charge on any atom is 0.114 e. The van der Waals surface area contributed by atoms with E-state index in [-0.39, 0.29) is 5.54 Å². The van der Waals surface area contributed by atoms with Crippen LogP contribution in [0.25, 0.3) is 0 Å². The average molecular weight is 297 g/mol. The van der Waals surface area contributed by atoms with Crippen molar-refractivity contribution in [1.82, 2.24) is 10.3 Å². The van der Waals surface area contributed by atoms with Gasteiger partial charge in [0.15, 0.2) is 0 Å². The fraction of sp³-hybridized carbons (Fsp3) is 0.800. The summed E-state index contributed by atoms with van der Waals surface area (Å²) < 4.78 is 0. The second kappa shape index (κ2) is 5.74. The van der Waals surface area contributed by atoms with Gasteiger partial charge in [0, 0.05) is 10.1 Å². The monoisotopic (exact) mass is 296 g/mol. The Morgan fingerprint density at radius 1 is 1.32 bits per heavy atom. The molecule has 1 aromatic heterocycles. The number of aromatic nitrogens is 1. The zero-order valence-electron chi connectivity index (χ0n) is 12.0. The summed E-state index contributed by atoms with van der Waals surface area (Å²) in [6, 6.07) is 0. The zero-order chi connectivity index (χ0) is 13.3. The van der Waals surface area contributed by atoms with Gasteiger partial charge in [-0.15, -0.1) is 11.3 Å². The van der Waals surface area contributed by atoms with Crippen LogP contribution in [0.5, 0.6) is 0 Å². The molecule has 2 nitrogen and oxygen atoms in total. The van der Waals surface area contributed by atoms with E-state index in [0.717, 1.165) is 6.54 Å². The Labute approximate surface area is 124 Å². The topological polar surface area (TPSA) is 24.9 Å². The van der Waals surface area contributed by atoms with Crippen molar-refractivity contribution < 1.29 is 0 Å². The second-order valence-electron chi connectivity index (χ2n) is 5.71. The van der Waals surface area contributed by atoms with E-state index < -0.39 is 0 Å². The third-order valence-corrected chi connectivity index (χ3v) is 7.26. The Kier molecular flexibility index (Phi) is 4.20. The number of thioether (sulfide) groups is 1. The number of nitrogens with zero attached hydrogens (tertiary/aromatic N) is 1. The standard InChI is InChI=1S/C15H24N2S2/c1-3-16-15(9-6-10-18-11(15)2)14-17-12-7-4-5-8-13(12)19-14/h11,16H,3-10H2,1-2H3. The normalized spacial score (nSPS) is 31.2. The minimum Gasteiger partial charge on any atom is -0.305 e. The molecule has 1 saturated heterocycles. The van der Waals surface area contributed by atoms with Crippen molar-refractivity contribution in [3.05, 3.63) is 15.6 Å². The molecule has 1 fully saturated rings. The van der Waals surface area contributed by atoms with Gasteiger partial charge in [-0.25, -0.2) is 4.98 Å². The van der Waals surface area contributed by atoms with Crippen molar-refractivity contribution in [3.8, 4) is 0 Å². The van der Waals surface area contributed by atoms with Crippen molar-refractivity contribution in [1.29, 1.82) is 0 Å². The molecule has 4 heteroatoms. The Morgan fingerprint density at radius 2 is 2.16 bits per heavy atom. The lowest BCUT2D eigenvalue weighted by atomic mass is 9.90. The third kappa shape index (κ3) is 2.47. The number of hydrogen-bond donors (Lipinski definition) is 1. The first-order valence-corrected chi connectivity index (χ1v) is 9.48. The summed E-state index contributed by atoms with van der Waals surface area (Å²) >= 11 is 4.11. The van der Waals surface area contributed by atoms with Crippen LogP contribution >= 0.6 is 23.1 Å². The highest BCUT2D eigenvalue weighted by Crippen LogP contribution is 2.44. The van der Waals surface area contributed by atoms with Gasteiger partial charge in [0.2, 0.25) is 0 Å². The molecule has 2 aliphatic rings. The highest BCUT2D eigenvalue weighted by atomic mass is 32.2. The number of aryl methyl sites for hydroxylation is 2. The smallest absolute Gasteiger partial charge is 0.114 e. The molecule has 0 amide bonds. The maximum atomic E-state index is 5.06. The van der Waals surface area contributed by atoms with E-state index in [1.54, 1.807) is 4.88 Å². The number of thiazole rings is 1. The predicted molar refractivity (Wildman–Crippen MR) is 85.3 cm³/mol. The summed E-state index contributed by atoms with van der Waals surface area (Å²) in [5.41, 5.74) is 1.55. The second-order valence-corrected chi connectivity index (χ2v) is 8.25. The van der Waals surface area contributed by atoms with Crippen LogP contribution in [-0.4, -0.2) is 22.5 Å². The van der Waals surface area contributed by atoms with E-state index in [1.807, 2.05) is 11.3 Å². The molecule has 1 aliphatic heterocycles. The molecular formula is C15H24N2S2. The molecule has 0 aromatic carbocycles. The summed E-state index contributed by atoms with van der Waals surface area (Å²) in [6.45, 7) is 5.64. The van der Waals surface area contributed by atoms with Gasteiger partial charge < -0.3 is 5.32 Å². The van der Waals surface area contributed by atoms with Gasteiger partial charge in [-0.1, -0.05) is 13.8 Å². The molecule has 1 aliphatic carbocycles.